The molecule has 14 heavy (non-hydrogen) atoms. The van der Waals surface area contributed by atoms with Crippen LogP contribution >= 0.6 is 0 Å². The number of allylic oxidation sites excluding steroid dienone is 4. The van der Waals surface area contributed by atoms with Crippen molar-refractivity contribution >= 4 is 0 Å². The number of hydrogen-bond donors (Lipinski definition) is 0. The van der Waals surface area contributed by atoms with Gasteiger partial charge in [0.1, 0.15) is 0 Å². The van der Waals surface area contributed by atoms with Crippen LogP contribution < -0.4 is 0 Å². The summed E-state index contributed by atoms with van der Waals surface area (Å²) < 4.78 is 0. The van der Waals surface area contributed by atoms with Crippen LogP contribution in [0.1, 0.15) is 25.7 Å². The highest BCUT2D eigenvalue weighted by Crippen LogP contribution is 2.04. The van der Waals surface area contributed by atoms with E-state index < -0.39 is 0 Å². The molecule has 0 bridgehead atoms. The standard InChI is InChI=1S/C8H12.C6H6/c1-2-4-6-8-7-5-3-1;1-2-4-6-5-3-1/h1-4H,5-8H2;1-6H/b3-1-,4-2-;. The summed E-state index contributed by atoms with van der Waals surface area (Å²) in [5, 5.41) is 0. The van der Waals surface area contributed by atoms with Gasteiger partial charge in [0, 0.05) is 0 Å². The number of benzene rings is 1. The molecule has 0 saturated heterocycles. The highest BCUT2D eigenvalue weighted by molar-refractivity contribution is 5.03. The molecule has 0 saturated carbocycles. The Labute approximate surface area is 87.0 Å². The van der Waals surface area contributed by atoms with E-state index >= 15 is 0 Å². The van der Waals surface area contributed by atoms with Gasteiger partial charge in [0.15, 0.2) is 0 Å². The lowest BCUT2D eigenvalue weighted by Crippen LogP contribution is -1.74. The fourth-order valence-electron chi connectivity index (χ4n) is 1.26. The maximum Gasteiger partial charge on any atom is -0.0347 e. The third-order valence-corrected chi connectivity index (χ3v) is 2.04. The lowest BCUT2D eigenvalue weighted by atomic mass is 10.1. The van der Waals surface area contributed by atoms with E-state index in [-0.39, 0.29) is 0 Å². The van der Waals surface area contributed by atoms with Gasteiger partial charge in [-0.3, -0.25) is 0 Å². The minimum atomic E-state index is 1.27. The van der Waals surface area contributed by atoms with Crippen LogP contribution in [0, 0.1) is 0 Å². The topological polar surface area (TPSA) is 0 Å². The first kappa shape index (κ1) is 10.8. The Bertz CT molecular complexity index is 216. The zero-order chi connectivity index (χ0) is 9.90. The molecule has 0 spiro atoms. The minimum absolute atomic E-state index is 1.27. The molecule has 0 unspecified atom stereocenters. The lowest BCUT2D eigenvalue weighted by molar-refractivity contribution is 0.758. The summed E-state index contributed by atoms with van der Waals surface area (Å²) in [6, 6.07) is 12.0. The molecule has 0 aliphatic heterocycles. The van der Waals surface area contributed by atoms with Crippen LogP contribution in [0.25, 0.3) is 0 Å². The second-order valence-corrected chi connectivity index (χ2v) is 3.30. The molecule has 2 rings (SSSR count). The van der Waals surface area contributed by atoms with Crippen LogP contribution in [-0.4, -0.2) is 0 Å². The van der Waals surface area contributed by atoms with Crippen LogP contribution in [0.3, 0.4) is 0 Å². The molecule has 0 atom stereocenters. The summed E-state index contributed by atoms with van der Waals surface area (Å²) in [5.74, 6) is 0. The molecule has 1 aliphatic rings. The fourth-order valence-corrected chi connectivity index (χ4v) is 1.26. The largest absolute Gasteiger partial charge is 0.0845 e. The molecule has 0 radical (unpaired) electrons. The van der Waals surface area contributed by atoms with Crippen molar-refractivity contribution < 1.29 is 0 Å². The second-order valence-electron chi connectivity index (χ2n) is 3.30. The fraction of sp³-hybridized carbons (Fsp3) is 0.286. The first-order valence-electron chi connectivity index (χ1n) is 5.32. The first-order chi connectivity index (χ1) is 7.00. The molecule has 0 nitrogen and oxygen atoms in total. The van der Waals surface area contributed by atoms with E-state index in [2.05, 4.69) is 24.3 Å². The van der Waals surface area contributed by atoms with E-state index in [1.54, 1.807) is 0 Å². The van der Waals surface area contributed by atoms with Crippen LogP contribution in [0.5, 0.6) is 0 Å². The van der Waals surface area contributed by atoms with E-state index in [4.69, 9.17) is 0 Å². The van der Waals surface area contributed by atoms with Gasteiger partial charge in [0.25, 0.3) is 0 Å². The molecule has 0 heteroatoms. The Kier molecular flexibility index (Phi) is 6.39. The maximum atomic E-state index is 2.23. The van der Waals surface area contributed by atoms with Gasteiger partial charge in [-0.05, 0) is 25.7 Å². The van der Waals surface area contributed by atoms with Gasteiger partial charge in [-0.25, -0.2) is 0 Å². The predicted octanol–water partition coefficient (Wildman–Crippen LogP) is 4.36. The summed E-state index contributed by atoms with van der Waals surface area (Å²) in [7, 11) is 0. The molecule has 0 N–H and O–H groups in total. The molecular weight excluding hydrogens is 168 g/mol. The molecular formula is C14H18. The number of hydrogen-bond acceptors (Lipinski definition) is 0. The molecule has 0 fully saturated rings. The summed E-state index contributed by atoms with van der Waals surface area (Å²) in [4.78, 5) is 0. The van der Waals surface area contributed by atoms with Crippen molar-refractivity contribution in [2.75, 3.05) is 0 Å². The van der Waals surface area contributed by atoms with Crippen molar-refractivity contribution in [3.8, 4) is 0 Å². The van der Waals surface area contributed by atoms with Crippen molar-refractivity contribution in [1.82, 2.24) is 0 Å². The zero-order valence-electron chi connectivity index (χ0n) is 8.60. The Hall–Kier alpha value is -1.30. The molecule has 0 aromatic heterocycles. The summed E-state index contributed by atoms with van der Waals surface area (Å²) >= 11 is 0. The predicted molar refractivity (Wildman–Crippen MR) is 63.2 cm³/mol. The third kappa shape index (κ3) is 6.24. The lowest BCUT2D eigenvalue weighted by Gasteiger charge is -1.94. The first-order valence-corrected chi connectivity index (χ1v) is 5.32. The van der Waals surface area contributed by atoms with Crippen LogP contribution in [-0.2, 0) is 0 Å². The molecule has 1 aliphatic carbocycles. The van der Waals surface area contributed by atoms with Crippen LogP contribution in [0.2, 0.25) is 0 Å². The van der Waals surface area contributed by atoms with Crippen molar-refractivity contribution in [2.45, 2.75) is 25.7 Å². The smallest absolute Gasteiger partial charge is 0.0347 e. The van der Waals surface area contributed by atoms with Gasteiger partial charge in [0.2, 0.25) is 0 Å². The van der Waals surface area contributed by atoms with Gasteiger partial charge < -0.3 is 0 Å². The van der Waals surface area contributed by atoms with Gasteiger partial charge in [0.05, 0.1) is 0 Å². The van der Waals surface area contributed by atoms with Crippen LogP contribution in [0.4, 0.5) is 0 Å². The highest BCUT2D eigenvalue weighted by Gasteiger charge is 1.84. The van der Waals surface area contributed by atoms with Gasteiger partial charge in [-0.15, -0.1) is 0 Å². The molecule has 0 heterocycles. The van der Waals surface area contributed by atoms with Gasteiger partial charge >= 0.3 is 0 Å². The van der Waals surface area contributed by atoms with Crippen molar-refractivity contribution in [1.29, 1.82) is 0 Å². The normalized spacial score (nSPS) is 19.4. The van der Waals surface area contributed by atoms with E-state index in [1.165, 1.54) is 25.7 Å². The maximum absolute atomic E-state index is 2.23. The van der Waals surface area contributed by atoms with E-state index in [1.807, 2.05) is 36.4 Å². The third-order valence-electron chi connectivity index (χ3n) is 2.04. The average molecular weight is 186 g/mol. The highest BCUT2D eigenvalue weighted by atomic mass is 13.9. The summed E-state index contributed by atoms with van der Waals surface area (Å²) in [6.45, 7) is 0. The van der Waals surface area contributed by atoms with Crippen molar-refractivity contribution in [2.24, 2.45) is 0 Å². The zero-order valence-corrected chi connectivity index (χ0v) is 8.60. The van der Waals surface area contributed by atoms with Gasteiger partial charge in [-0.2, -0.15) is 0 Å². The summed E-state index contributed by atoms with van der Waals surface area (Å²) in [6.07, 6.45) is 14.0. The molecule has 74 valence electrons. The Balaban J connectivity index is 0.000000146. The SMILES string of the molecule is C1=C\CCCC\C=C/1.c1ccccc1. The van der Waals surface area contributed by atoms with Crippen molar-refractivity contribution in [3.05, 3.63) is 60.7 Å². The Morgan fingerprint density at radius 1 is 0.500 bits per heavy atom. The molecule has 1 aromatic rings. The monoisotopic (exact) mass is 186 g/mol. The number of rotatable bonds is 0. The second kappa shape index (κ2) is 8.31. The Morgan fingerprint density at radius 3 is 1.21 bits per heavy atom. The Morgan fingerprint density at radius 2 is 0.857 bits per heavy atom. The molecule has 1 aromatic carbocycles. The summed E-state index contributed by atoms with van der Waals surface area (Å²) in [5.41, 5.74) is 0. The molecule has 0 amide bonds. The van der Waals surface area contributed by atoms with E-state index in [9.17, 15) is 0 Å². The quantitative estimate of drug-likeness (QED) is 0.564. The van der Waals surface area contributed by atoms with Crippen LogP contribution in [0.15, 0.2) is 60.7 Å². The average Bonchev–Trinajstić information content (AvgIpc) is 2.20. The van der Waals surface area contributed by atoms with Gasteiger partial charge in [-0.1, -0.05) is 60.7 Å². The van der Waals surface area contributed by atoms with E-state index in [0.29, 0.717) is 0 Å². The minimum Gasteiger partial charge on any atom is -0.0845 e. The van der Waals surface area contributed by atoms with E-state index in [0.717, 1.165) is 0 Å². The van der Waals surface area contributed by atoms with Crippen molar-refractivity contribution in [3.63, 3.8) is 0 Å².